The molecule has 0 spiro atoms. The largest absolute Gasteiger partial charge is 0.388 e. The maximum atomic E-state index is 12.6. The molecule has 2 aliphatic heterocycles. The molecule has 0 aromatic carbocycles. The first kappa shape index (κ1) is 22.5. The molecular formula is C16H28Cl2N2O5S. The highest BCUT2D eigenvalue weighted by Gasteiger charge is 2.48. The van der Waals surface area contributed by atoms with Crippen LogP contribution in [0, 0.1) is 5.92 Å². The fraction of sp³-hybridized carbons (Fsp3) is 0.938. The zero-order chi connectivity index (χ0) is 19.4. The maximum Gasteiger partial charge on any atom is 0.237 e. The predicted octanol–water partition coefficient (Wildman–Crippen LogP) is 0.224. The summed E-state index contributed by atoms with van der Waals surface area (Å²) in [5.41, 5.74) is -0.761. The third kappa shape index (κ3) is 5.17. The van der Waals surface area contributed by atoms with Crippen LogP contribution in [0.4, 0.5) is 0 Å². The number of alkyl halides is 2. The fourth-order valence-electron chi connectivity index (χ4n) is 3.56. The van der Waals surface area contributed by atoms with E-state index in [1.165, 1.54) is 11.8 Å². The molecule has 2 rings (SSSR count). The minimum absolute atomic E-state index is 0.267. The summed E-state index contributed by atoms with van der Waals surface area (Å²) in [6, 6.07) is -1.28. The van der Waals surface area contributed by atoms with Crippen LogP contribution in [0.1, 0.15) is 26.2 Å². The zero-order valence-corrected chi connectivity index (χ0v) is 17.2. The second-order valence-corrected chi connectivity index (χ2v) is 9.00. The topological polar surface area (TPSA) is 111 Å². The third-order valence-electron chi connectivity index (χ3n) is 5.01. The molecule has 0 aromatic rings. The molecule has 1 amide bonds. The number of aliphatic hydroxyl groups excluding tert-OH is 3. The first-order valence-electron chi connectivity index (χ1n) is 8.84. The van der Waals surface area contributed by atoms with Crippen molar-refractivity contribution in [3.8, 4) is 0 Å². The number of rotatable bonds is 7. The van der Waals surface area contributed by atoms with Gasteiger partial charge in [0.25, 0.3) is 0 Å². The Bertz CT molecular complexity index is 474. The minimum atomic E-state index is -1.43. The van der Waals surface area contributed by atoms with Crippen molar-refractivity contribution in [2.45, 2.75) is 73.0 Å². The summed E-state index contributed by atoms with van der Waals surface area (Å²) in [6.07, 6.45) is -0.585. The molecule has 152 valence electrons. The van der Waals surface area contributed by atoms with Gasteiger partial charge in [-0.05, 0) is 31.6 Å². The molecule has 7 nitrogen and oxygen atoms in total. The molecule has 5 N–H and O–H groups in total. The van der Waals surface area contributed by atoms with Crippen LogP contribution < -0.4 is 10.6 Å². The van der Waals surface area contributed by atoms with E-state index >= 15 is 0 Å². The molecule has 2 fully saturated rings. The Kier molecular flexibility index (Phi) is 8.75. The minimum Gasteiger partial charge on any atom is -0.388 e. The number of carbonyl (C=O) groups is 1. The SMILES string of the molecule is CCC[C@@H]1CN[C@H](C(=O)N[C@@H](C(Cl)Cl)[C@H]2O[C@@H](SC)[C@@H](O)[C@@H](O)[C@H]2O)C1. The first-order chi connectivity index (χ1) is 12.3. The van der Waals surface area contributed by atoms with Crippen LogP contribution in [0.5, 0.6) is 0 Å². The van der Waals surface area contributed by atoms with Crippen LogP contribution in [-0.4, -0.2) is 80.8 Å². The van der Waals surface area contributed by atoms with Crippen LogP contribution in [0.3, 0.4) is 0 Å². The molecule has 0 aliphatic carbocycles. The van der Waals surface area contributed by atoms with E-state index in [2.05, 4.69) is 17.6 Å². The van der Waals surface area contributed by atoms with E-state index in [1.807, 2.05) is 0 Å². The van der Waals surface area contributed by atoms with Crippen LogP contribution in [0.15, 0.2) is 0 Å². The van der Waals surface area contributed by atoms with E-state index in [0.29, 0.717) is 5.92 Å². The summed E-state index contributed by atoms with van der Waals surface area (Å²) in [7, 11) is 0. The van der Waals surface area contributed by atoms with Crippen LogP contribution in [0.2, 0.25) is 0 Å². The van der Waals surface area contributed by atoms with Gasteiger partial charge in [-0.3, -0.25) is 4.79 Å². The van der Waals surface area contributed by atoms with Crippen LogP contribution >= 0.6 is 35.0 Å². The summed E-state index contributed by atoms with van der Waals surface area (Å²) in [6.45, 7) is 2.89. The number of aliphatic hydroxyl groups is 3. The summed E-state index contributed by atoms with van der Waals surface area (Å²) in [5.74, 6) is 0.184. The quantitative estimate of drug-likeness (QED) is 0.367. The molecule has 0 saturated carbocycles. The fourth-order valence-corrected chi connectivity index (χ4v) is 4.65. The summed E-state index contributed by atoms with van der Waals surface area (Å²) in [5, 5.41) is 36.3. The number of nitrogens with one attached hydrogen (secondary N) is 2. The van der Waals surface area contributed by atoms with E-state index in [9.17, 15) is 20.1 Å². The Hall–Kier alpha value is 0.200. The van der Waals surface area contributed by atoms with Gasteiger partial charge < -0.3 is 30.7 Å². The summed E-state index contributed by atoms with van der Waals surface area (Å²) >= 11 is 13.3. The monoisotopic (exact) mass is 430 g/mol. The first-order valence-corrected chi connectivity index (χ1v) is 11.0. The van der Waals surface area contributed by atoms with Gasteiger partial charge >= 0.3 is 0 Å². The second-order valence-electron chi connectivity index (χ2n) is 6.90. The molecule has 26 heavy (non-hydrogen) atoms. The van der Waals surface area contributed by atoms with Gasteiger partial charge in [0.1, 0.15) is 34.7 Å². The molecule has 0 bridgehead atoms. The van der Waals surface area contributed by atoms with Gasteiger partial charge in [0.05, 0.1) is 12.1 Å². The Labute approximate surface area is 168 Å². The van der Waals surface area contributed by atoms with Crippen molar-refractivity contribution in [2.75, 3.05) is 12.8 Å². The normalized spacial score (nSPS) is 39.2. The lowest BCUT2D eigenvalue weighted by atomic mass is 9.94. The molecule has 2 heterocycles. The lowest BCUT2D eigenvalue weighted by molar-refractivity contribution is -0.204. The number of thioether (sulfide) groups is 1. The van der Waals surface area contributed by atoms with Crippen molar-refractivity contribution >= 4 is 40.9 Å². The highest BCUT2D eigenvalue weighted by atomic mass is 35.5. The lowest BCUT2D eigenvalue weighted by Gasteiger charge is -2.43. The summed E-state index contributed by atoms with van der Waals surface area (Å²) in [4.78, 5) is 11.6. The highest BCUT2D eigenvalue weighted by molar-refractivity contribution is 7.99. The average molecular weight is 431 g/mol. The van der Waals surface area contributed by atoms with Gasteiger partial charge in [-0.15, -0.1) is 35.0 Å². The van der Waals surface area contributed by atoms with E-state index in [-0.39, 0.29) is 11.9 Å². The van der Waals surface area contributed by atoms with Gasteiger partial charge in [-0.2, -0.15) is 0 Å². The maximum absolute atomic E-state index is 12.6. The molecule has 0 radical (unpaired) electrons. The van der Waals surface area contributed by atoms with Crippen molar-refractivity contribution in [2.24, 2.45) is 5.92 Å². The predicted molar refractivity (Wildman–Crippen MR) is 102 cm³/mol. The Morgan fingerprint density at radius 2 is 2.00 bits per heavy atom. The van der Waals surface area contributed by atoms with Gasteiger partial charge in [-0.25, -0.2) is 0 Å². The zero-order valence-electron chi connectivity index (χ0n) is 14.8. The van der Waals surface area contributed by atoms with Crippen molar-refractivity contribution in [1.29, 1.82) is 0 Å². The number of amides is 1. The molecule has 2 aliphatic rings. The number of ether oxygens (including phenoxy) is 1. The average Bonchev–Trinajstić information content (AvgIpc) is 3.07. The van der Waals surface area contributed by atoms with Crippen LogP contribution in [-0.2, 0) is 9.53 Å². The lowest BCUT2D eigenvalue weighted by Crippen LogP contribution is -2.64. The molecule has 0 unspecified atom stereocenters. The van der Waals surface area contributed by atoms with E-state index in [0.717, 1.165) is 25.8 Å². The van der Waals surface area contributed by atoms with Gasteiger partial charge in [0.15, 0.2) is 0 Å². The Morgan fingerprint density at radius 1 is 1.31 bits per heavy atom. The van der Waals surface area contributed by atoms with Gasteiger partial charge in [-0.1, -0.05) is 13.3 Å². The van der Waals surface area contributed by atoms with Gasteiger partial charge in [0.2, 0.25) is 5.91 Å². The number of hydrogen-bond acceptors (Lipinski definition) is 7. The van der Waals surface area contributed by atoms with Crippen molar-refractivity contribution in [1.82, 2.24) is 10.6 Å². The molecule has 10 heteroatoms. The number of hydrogen-bond donors (Lipinski definition) is 5. The van der Waals surface area contributed by atoms with Crippen molar-refractivity contribution in [3.63, 3.8) is 0 Å². The number of carbonyl (C=O) groups excluding carboxylic acids is 1. The smallest absolute Gasteiger partial charge is 0.237 e. The molecule has 8 atom stereocenters. The highest BCUT2D eigenvalue weighted by Crippen LogP contribution is 2.31. The van der Waals surface area contributed by atoms with E-state index in [1.54, 1.807) is 6.26 Å². The third-order valence-corrected chi connectivity index (χ3v) is 6.41. The number of halogens is 2. The van der Waals surface area contributed by atoms with E-state index < -0.39 is 40.7 Å². The Balaban J connectivity index is 2.05. The van der Waals surface area contributed by atoms with Gasteiger partial charge in [0, 0.05) is 0 Å². The van der Waals surface area contributed by atoms with E-state index in [4.69, 9.17) is 27.9 Å². The Morgan fingerprint density at radius 3 is 2.58 bits per heavy atom. The summed E-state index contributed by atoms with van der Waals surface area (Å²) < 4.78 is 5.68. The van der Waals surface area contributed by atoms with Crippen molar-refractivity contribution in [3.05, 3.63) is 0 Å². The molecule has 2 saturated heterocycles. The second kappa shape index (κ2) is 10.1. The molecule has 0 aromatic heterocycles. The van der Waals surface area contributed by atoms with Crippen LogP contribution in [0.25, 0.3) is 0 Å². The molecular weight excluding hydrogens is 403 g/mol. The van der Waals surface area contributed by atoms with Crippen molar-refractivity contribution < 1.29 is 24.9 Å². The standard InChI is InChI=1S/C16H28Cl2N2O5S/c1-3-4-7-5-8(19-6-7)15(24)20-9(14(17)18)13-11(22)10(21)12(23)16(25-13)26-2/h7-14,16,19,21-23H,3-6H2,1-2H3,(H,20,24)/t7-,8-,9+,10-,11+,12-,13+,16-/m0/s1.